The largest absolute Gasteiger partial charge is 0.330 e. The van der Waals surface area contributed by atoms with Crippen LogP contribution in [0.15, 0.2) is 12.1 Å². The van der Waals surface area contributed by atoms with Crippen LogP contribution in [0.1, 0.15) is 30.4 Å². The van der Waals surface area contributed by atoms with Crippen molar-refractivity contribution in [1.82, 2.24) is 24.6 Å². The van der Waals surface area contributed by atoms with E-state index in [1.54, 1.807) is 4.68 Å². The molecule has 8 nitrogen and oxygen atoms in total. The molecule has 1 unspecified atom stereocenters. The summed E-state index contributed by atoms with van der Waals surface area (Å²) in [4.78, 5) is 23.5. The molecule has 9 heteroatoms. The highest BCUT2D eigenvalue weighted by molar-refractivity contribution is 5.91. The summed E-state index contributed by atoms with van der Waals surface area (Å²) in [7, 11) is 0. The number of carbonyl (C=O) groups is 1. The van der Waals surface area contributed by atoms with Crippen LogP contribution in [0, 0.1) is 26.2 Å². The Morgan fingerprint density at radius 2 is 1.89 bits per heavy atom. The molecule has 1 aliphatic rings. The number of nitrogens with two attached hydrogens (primary N) is 1. The summed E-state index contributed by atoms with van der Waals surface area (Å²) < 4.78 is 1.58. The third-order valence-corrected chi connectivity index (χ3v) is 4.76. The number of hydrogen-bond donors (Lipinski definition) is 2. The van der Waals surface area contributed by atoms with Gasteiger partial charge in [0.05, 0.1) is 12.2 Å². The molecule has 3 rings (SSSR count). The van der Waals surface area contributed by atoms with Crippen molar-refractivity contribution >= 4 is 24.1 Å². The number of carbonyl (C=O) groups excluding carboxylic acids is 1. The number of aromatic nitrogens is 4. The molecule has 1 amide bonds. The maximum Gasteiger partial charge on any atom is 0.252 e. The lowest BCUT2D eigenvalue weighted by Gasteiger charge is -2.22. The molecular weight excluding hydrogens is 366 g/mol. The monoisotopic (exact) mass is 393 g/mol. The third kappa shape index (κ3) is 5.03. The molecule has 27 heavy (non-hydrogen) atoms. The van der Waals surface area contributed by atoms with Gasteiger partial charge < -0.3 is 11.1 Å². The number of nitrogens with zero attached hydrogens (tertiary/aromatic N) is 5. The number of rotatable bonds is 5. The second-order valence-corrected chi connectivity index (χ2v) is 7.56. The highest BCUT2D eigenvalue weighted by atomic mass is 35.5. The topological polar surface area (TPSA) is 102 Å². The maximum absolute atomic E-state index is 12.5. The van der Waals surface area contributed by atoms with E-state index in [1.807, 2.05) is 32.9 Å². The standard InChI is InChI=1S/C18H27N7O.ClH/c1-12-7-13(2)21-17(20-12)25-15(8-14(3)23-25)22-16(26)9-24-6-5-18(4,10-19)11-24;/h7-8H,5-6,9-11,19H2,1-4H3,(H,22,26);1H. The second kappa shape index (κ2) is 8.33. The van der Waals surface area contributed by atoms with Crippen LogP contribution >= 0.6 is 12.4 Å². The predicted molar refractivity (Wildman–Crippen MR) is 107 cm³/mol. The van der Waals surface area contributed by atoms with Crippen molar-refractivity contribution in [2.45, 2.75) is 34.1 Å². The predicted octanol–water partition coefficient (Wildman–Crippen LogP) is 1.62. The molecule has 3 N–H and O–H groups in total. The van der Waals surface area contributed by atoms with Crippen LogP contribution in [-0.2, 0) is 4.79 Å². The molecular formula is C18H28ClN7O. The number of aryl methyl sites for hydroxylation is 3. The Morgan fingerprint density at radius 1 is 1.22 bits per heavy atom. The Morgan fingerprint density at radius 3 is 2.48 bits per heavy atom. The van der Waals surface area contributed by atoms with Gasteiger partial charge in [-0.25, -0.2) is 9.97 Å². The summed E-state index contributed by atoms with van der Waals surface area (Å²) in [5, 5.41) is 7.38. The lowest BCUT2D eigenvalue weighted by Crippen LogP contribution is -2.35. The van der Waals surface area contributed by atoms with Crippen molar-refractivity contribution in [3.8, 4) is 5.95 Å². The first kappa shape index (κ1) is 21.3. The average Bonchev–Trinajstić information content (AvgIpc) is 3.10. The Hall–Kier alpha value is -2.03. The highest BCUT2D eigenvalue weighted by Gasteiger charge is 2.33. The second-order valence-electron chi connectivity index (χ2n) is 7.56. The highest BCUT2D eigenvalue weighted by Crippen LogP contribution is 2.28. The molecule has 0 spiro atoms. The molecule has 0 saturated carbocycles. The number of anilines is 1. The molecule has 2 aromatic heterocycles. The minimum Gasteiger partial charge on any atom is -0.330 e. The zero-order chi connectivity index (χ0) is 18.9. The summed E-state index contributed by atoms with van der Waals surface area (Å²) in [6.45, 7) is 10.6. The molecule has 1 atom stereocenters. The van der Waals surface area contributed by atoms with E-state index in [2.05, 4.69) is 32.2 Å². The summed E-state index contributed by atoms with van der Waals surface area (Å²) >= 11 is 0. The van der Waals surface area contributed by atoms with Crippen molar-refractivity contribution in [1.29, 1.82) is 0 Å². The first-order chi connectivity index (χ1) is 12.3. The number of likely N-dealkylation sites (tertiary alicyclic amines) is 1. The van der Waals surface area contributed by atoms with Crippen molar-refractivity contribution in [3.05, 3.63) is 29.2 Å². The molecule has 1 fully saturated rings. The van der Waals surface area contributed by atoms with Crippen molar-refractivity contribution in [2.24, 2.45) is 11.1 Å². The maximum atomic E-state index is 12.5. The fraction of sp³-hybridized carbons (Fsp3) is 0.556. The van der Waals surface area contributed by atoms with Gasteiger partial charge in [-0.15, -0.1) is 12.4 Å². The molecule has 1 aliphatic heterocycles. The van der Waals surface area contributed by atoms with E-state index in [4.69, 9.17) is 5.73 Å². The van der Waals surface area contributed by atoms with E-state index >= 15 is 0 Å². The minimum absolute atomic E-state index is 0. The van der Waals surface area contributed by atoms with E-state index in [0.29, 0.717) is 24.9 Å². The van der Waals surface area contributed by atoms with Crippen LogP contribution in [0.25, 0.3) is 5.95 Å². The van der Waals surface area contributed by atoms with Crippen LogP contribution in [0.4, 0.5) is 5.82 Å². The van der Waals surface area contributed by atoms with Gasteiger partial charge in [0.2, 0.25) is 5.91 Å². The summed E-state index contributed by atoms with van der Waals surface area (Å²) in [5.41, 5.74) is 8.45. The number of hydrogen-bond acceptors (Lipinski definition) is 6. The van der Waals surface area contributed by atoms with E-state index in [1.165, 1.54) is 0 Å². The van der Waals surface area contributed by atoms with Crippen LogP contribution in [0.5, 0.6) is 0 Å². The number of halogens is 1. The van der Waals surface area contributed by atoms with Gasteiger partial charge in [0.1, 0.15) is 5.82 Å². The van der Waals surface area contributed by atoms with Crippen molar-refractivity contribution in [2.75, 3.05) is 31.5 Å². The van der Waals surface area contributed by atoms with Crippen LogP contribution in [0.2, 0.25) is 0 Å². The first-order valence-corrected chi connectivity index (χ1v) is 8.90. The van der Waals surface area contributed by atoms with Gasteiger partial charge in [-0.3, -0.25) is 9.69 Å². The van der Waals surface area contributed by atoms with Gasteiger partial charge in [-0.1, -0.05) is 6.92 Å². The molecule has 0 bridgehead atoms. The first-order valence-electron chi connectivity index (χ1n) is 8.90. The van der Waals surface area contributed by atoms with Crippen molar-refractivity contribution in [3.63, 3.8) is 0 Å². The van der Waals surface area contributed by atoms with Gasteiger partial charge in [-0.05, 0) is 51.8 Å². The summed E-state index contributed by atoms with van der Waals surface area (Å²) in [6.07, 6.45) is 1.02. The van der Waals surface area contributed by atoms with Crippen LogP contribution in [-0.4, -0.2) is 56.7 Å². The number of amides is 1. The van der Waals surface area contributed by atoms with E-state index in [-0.39, 0.29) is 23.7 Å². The van der Waals surface area contributed by atoms with E-state index in [0.717, 1.165) is 36.6 Å². The van der Waals surface area contributed by atoms with Gasteiger partial charge in [0.25, 0.3) is 5.95 Å². The van der Waals surface area contributed by atoms with Gasteiger partial charge >= 0.3 is 0 Å². The molecule has 2 aromatic rings. The van der Waals surface area contributed by atoms with Crippen molar-refractivity contribution < 1.29 is 4.79 Å². The molecule has 1 saturated heterocycles. The SMILES string of the molecule is Cc1cc(C)nc(-n2nc(C)cc2NC(=O)CN2CCC(C)(CN)C2)n1.Cl. The zero-order valence-corrected chi connectivity index (χ0v) is 17.1. The summed E-state index contributed by atoms with van der Waals surface area (Å²) in [5.74, 6) is 0.970. The van der Waals surface area contributed by atoms with Gasteiger partial charge in [0, 0.05) is 24.0 Å². The van der Waals surface area contributed by atoms with E-state index in [9.17, 15) is 4.79 Å². The fourth-order valence-corrected chi connectivity index (χ4v) is 3.36. The Balaban J connectivity index is 0.00000261. The quantitative estimate of drug-likeness (QED) is 0.800. The van der Waals surface area contributed by atoms with E-state index < -0.39 is 0 Å². The fourth-order valence-electron chi connectivity index (χ4n) is 3.36. The normalized spacial score (nSPS) is 19.7. The Kier molecular flexibility index (Phi) is 6.56. The average molecular weight is 394 g/mol. The van der Waals surface area contributed by atoms with Gasteiger partial charge in [-0.2, -0.15) is 9.78 Å². The Labute approximate surface area is 166 Å². The lowest BCUT2D eigenvalue weighted by molar-refractivity contribution is -0.117. The summed E-state index contributed by atoms with van der Waals surface area (Å²) in [6, 6.07) is 3.73. The molecule has 148 valence electrons. The Bertz CT molecular complexity index is 802. The molecule has 0 aromatic carbocycles. The zero-order valence-electron chi connectivity index (χ0n) is 16.3. The van der Waals surface area contributed by atoms with Crippen LogP contribution in [0.3, 0.4) is 0 Å². The smallest absolute Gasteiger partial charge is 0.252 e. The molecule has 0 radical (unpaired) electrons. The minimum atomic E-state index is -0.0724. The third-order valence-electron chi connectivity index (χ3n) is 4.76. The number of nitrogens with one attached hydrogen (secondary N) is 1. The molecule has 3 heterocycles. The molecule has 0 aliphatic carbocycles. The van der Waals surface area contributed by atoms with Crippen LogP contribution < -0.4 is 11.1 Å². The van der Waals surface area contributed by atoms with Gasteiger partial charge in [0.15, 0.2) is 0 Å². The lowest BCUT2D eigenvalue weighted by atomic mass is 9.90.